The molecule has 0 bridgehead atoms. The Morgan fingerprint density at radius 1 is 0.913 bits per heavy atom. The molecule has 0 N–H and O–H groups in total. The molecule has 0 aromatic heterocycles. The molecular formula is C21H26BrCl. The standard InChI is InChI=1S/C21H26BrCl/c1-15(16-6-10-18(22)11-7-16)20(2,3)14-21(4,5)17-8-12-19(23)13-9-17/h6-13,15H,14H2,1-5H3. The monoisotopic (exact) mass is 392 g/mol. The molecule has 0 radical (unpaired) electrons. The lowest BCUT2D eigenvalue weighted by molar-refractivity contribution is 0.216. The van der Waals surface area contributed by atoms with Gasteiger partial charge in [-0.15, -0.1) is 0 Å². The highest BCUT2D eigenvalue weighted by molar-refractivity contribution is 9.10. The Morgan fingerprint density at radius 2 is 1.43 bits per heavy atom. The van der Waals surface area contributed by atoms with E-state index in [-0.39, 0.29) is 10.8 Å². The highest BCUT2D eigenvalue weighted by Gasteiger charge is 2.34. The highest BCUT2D eigenvalue weighted by atomic mass is 79.9. The summed E-state index contributed by atoms with van der Waals surface area (Å²) in [7, 11) is 0. The molecule has 2 aromatic carbocycles. The zero-order valence-electron chi connectivity index (χ0n) is 14.7. The van der Waals surface area contributed by atoms with Crippen LogP contribution in [0.1, 0.15) is 58.1 Å². The van der Waals surface area contributed by atoms with Crippen LogP contribution in [0.2, 0.25) is 5.02 Å². The Bertz CT molecular complexity index is 639. The molecule has 23 heavy (non-hydrogen) atoms. The summed E-state index contributed by atoms with van der Waals surface area (Å²) < 4.78 is 1.13. The minimum absolute atomic E-state index is 0.109. The second-order valence-corrected chi connectivity index (χ2v) is 9.18. The van der Waals surface area contributed by atoms with Crippen LogP contribution in [-0.4, -0.2) is 0 Å². The van der Waals surface area contributed by atoms with Crippen molar-refractivity contribution >= 4 is 27.5 Å². The molecule has 0 nitrogen and oxygen atoms in total. The molecule has 0 heterocycles. The van der Waals surface area contributed by atoms with Gasteiger partial charge < -0.3 is 0 Å². The zero-order valence-corrected chi connectivity index (χ0v) is 17.0. The molecule has 124 valence electrons. The van der Waals surface area contributed by atoms with E-state index in [1.54, 1.807) is 0 Å². The van der Waals surface area contributed by atoms with Gasteiger partial charge in [0.05, 0.1) is 0 Å². The third kappa shape index (κ3) is 4.61. The van der Waals surface area contributed by atoms with Crippen molar-refractivity contribution < 1.29 is 0 Å². The summed E-state index contributed by atoms with van der Waals surface area (Å²) in [6.07, 6.45) is 1.11. The smallest absolute Gasteiger partial charge is 0.0406 e. The Labute approximate surface area is 154 Å². The summed E-state index contributed by atoms with van der Waals surface area (Å²) in [6, 6.07) is 17.0. The van der Waals surface area contributed by atoms with E-state index < -0.39 is 0 Å². The SMILES string of the molecule is CC(c1ccc(Br)cc1)C(C)(C)CC(C)(C)c1ccc(Cl)cc1. The van der Waals surface area contributed by atoms with Gasteiger partial charge in [-0.2, -0.15) is 0 Å². The van der Waals surface area contributed by atoms with Crippen molar-refractivity contribution in [1.29, 1.82) is 0 Å². The lowest BCUT2D eigenvalue weighted by atomic mass is 9.65. The Kier molecular flexibility index (Phi) is 5.63. The maximum absolute atomic E-state index is 6.03. The third-order valence-corrected chi connectivity index (χ3v) is 5.85. The molecule has 0 aliphatic rings. The van der Waals surface area contributed by atoms with Crippen LogP contribution in [0.4, 0.5) is 0 Å². The number of benzene rings is 2. The van der Waals surface area contributed by atoms with Crippen LogP contribution in [0, 0.1) is 5.41 Å². The average Bonchev–Trinajstić information content (AvgIpc) is 2.46. The molecule has 0 saturated heterocycles. The first-order chi connectivity index (χ1) is 10.6. The molecule has 1 unspecified atom stereocenters. The van der Waals surface area contributed by atoms with Crippen LogP contribution in [0.15, 0.2) is 53.0 Å². The minimum atomic E-state index is 0.109. The summed E-state index contributed by atoms with van der Waals surface area (Å²) in [5.74, 6) is 0.488. The number of rotatable bonds is 5. The largest absolute Gasteiger partial charge is 0.0843 e. The predicted octanol–water partition coefficient (Wildman–Crippen LogP) is 7.60. The number of hydrogen-bond donors (Lipinski definition) is 0. The Hall–Kier alpha value is -0.790. The molecule has 0 saturated carbocycles. The maximum Gasteiger partial charge on any atom is 0.0406 e. The lowest BCUT2D eigenvalue weighted by Crippen LogP contribution is -2.30. The van der Waals surface area contributed by atoms with Crippen LogP contribution < -0.4 is 0 Å². The summed E-state index contributed by atoms with van der Waals surface area (Å²) in [5.41, 5.74) is 3.04. The number of halogens is 2. The second-order valence-electron chi connectivity index (χ2n) is 7.83. The summed E-state index contributed by atoms with van der Waals surface area (Å²) in [5, 5.41) is 0.798. The number of hydrogen-bond acceptors (Lipinski definition) is 0. The van der Waals surface area contributed by atoms with E-state index >= 15 is 0 Å². The van der Waals surface area contributed by atoms with E-state index in [9.17, 15) is 0 Å². The van der Waals surface area contributed by atoms with Gasteiger partial charge in [-0.05, 0) is 58.6 Å². The van der Waals surface area contributed by atoms with Crippen LogP contribution in [0.3, 0.4) is 0 Å². The fraction of sp³-hybridized carbons (Fsp3) is 0.429. The van der Waals surface area contributed by atoms with Crippen molar-refractivity contribution in [1.82, 2.24) is 0 Å². The van der Waals surface area contributed by atoms with Gasteiger partial charge in [-0.3, -0.25) is 0 Å². The van der Waals surface area contributed by atoms with Crippen molar-refractivity contribution in [3.8, 4) is 0 Å². The Morgan fingerprint density at radius 3 is 1.96 bits per heavy atom. The molecule has 0 aliphatic heterocycles. The van der Waals surface area contributed by atoms with E-state index in [0.717, 1.165) is 15.9 Å². The van der Waals surface area contributed by atoms with Crippen LogP contribution in [0.5, 0.6) is 0 Å². The molecular weight excluding hydrogens is 368 g/mol. The minimum Gasteiger partial charge on any atom is -0.0843 e. The topological polar surface area (TPSA) is 0 Å². The molecule has 0 amide bonds. The third-order valence-electron chi connectivity index (χ3n) is 5.07. The fourth-order valence-corrected chi connectivity index (χ4v) is 3.89. The molecule has 1 atom stereocenters. The first-order valence-electron chi connectivity index (χ1n) is 8.13. The molecule has 2 heteroatoms. The van der Waals surface area contributed by atoms with Crippen LogP contribution in [-0.2, 0) is 5.41 Å². The zero-order chi connectivity index (χ0) is 17.3. The summed E-state index contributed by atoms with van der Waals surface area (Å²) in [6.45, 7) is 11.7. The van der Waals surface area contributed by atoms with Crippen molar-refractivity contribution in [2.24, 2.45) is 5.41 Å². The quantitative estimate of drug-likeness (QED) is 0.490. The van der Waals surface area contributed by atoms with Gasteiger partial charge >= 0.3 is 0 Å². The van der Waals surface area contributed by atoms with Gasteiger partial charge in [0, 0.05) is 9.50 Å². The molecule has 2 rings (SSSR count). The van der Waals surface area contributed by atoms with E-state index in [4.69, 9.17) is 11.6 Å². The maximum atomic E-state index is 6.03. The first-order valence-corrected chi connectivity index (χ1v) is 9.30. The van der Waals surface area contributed by atoms with Gasteiger partial charge in [0.15, 0.2) is 0 Å². The van der Waals surface area contributed by atoms with E-state index in [2.05, 4.69) is 86.9 Å². The van der Waals surface area contributed by atoms with Gasteiger partial charge in [0.1, 0.15) is 0 Å². The summed E-state index contributed by atoms with van der Waals surface area (Å²) >= 11 is 9.55. The van der Waals surface area contributed by atoms with Gasteiger partial charge in [0.25, 0.3) is 0 Å². The molecule has 0 fully saturated rings. The normalized spacial score (nSPS) is 13.9. The van der Waals surface area contributed by atoms with Crippen molar-refractivity contribution in [2.75, 3.05) is 0 Å². The van der Waals surface area contributed by atoms with E-state index in [1.165, 1.54) is 11.1 Å². The van der Waals surface area contributed by atoms with Crippen molar-refractivity contribution in [2.45, 2.75) is 52.4 Å². The summed E-state index contributed by atoms with van der Waals surface area (Å²) in [4.78, 5) is 0. The van der Waals surface area contributed by atoms with E-state index in [1.807, 2.05) is 12.1 Å². The lowest BCUT2D eigenvalue weighted by Gasteiger charge is -2.40. The van der Waals surface area contributed by atoms with Crippen LogP contribution in [0.25, 0.3) is 0 Å². The molecule has 0 spiro atoms. The first kappa shape index (κ1) is 18.5. The predicted molar refractivity (Wildman–Crippen MR) is 105 cm³/mol. The van der Waals surface area contributed by atoms with Crippen molar-refractivity contribution in [3.05, 3.63) is 69.2 Å². The molecule has 2 aromatic rings. The van der Waals surface area contributed by atoms with Crippen molar-refractivity contribution in [3.63, 3.8) is 0 Å². The second kappa shape index (κ2) is 6.99. The fourth-order valence-electron chi connectivity index (χ4n) is 3.50. The Balaban J connectivity index is 2.21. The van der Waals surface area contributed by atoms with Gasteiger partial charge in [0.2, 0.25) is 0 Å². The van der Waals surface area contributed by atoms with Crippen LogP contribution >= 0.6 is 27.5 Å². The van der Waals surface area contributed by atoms with Gasteiger partial charge in [-0.1, -0.05) is 86.4 Å². The molecule has 0 aliphatic carbocycles. The highest BCUT2D eigenvalue weighted by Crippen LogP contribution is 2.45. The van der Waals surface area contributed by atoms with Gasteiger partial charge in [-0.25, -0.2) is 0 Å². The van der Waals surface area contributed by atoms with E-state index in [0.29, 0.717) is 5.92 Å². The average molecular weight is 394 g/mol.